The molecule has 0 bridgehead atoms. The summed E-state index contributed by atoms with van der Waals surface area (Å²) >= 11 is 1.34. The number of hydrogen-bond donors (Lipinski definition) is 2. The number of carbonyl (C=O) groups is 1. The van der Waals surface area contributed by atoms with E-state index >= 15 is 0 Å². The fraction of sp³-hybridized carbons (Fsp3) is 0.444. The molecular weight excluding hydrogens is 336 g/mol. The number of methoxy groups -OCH3 is 1. The molecular formula is C18H30N4O2S. The quantitative estimate of drug-likeness (QED) is 0.570. The number of hydrogen-bond acceptors (Lipinski definition) is 6. The Kier molecular flexibility index (Phi) is 13.7. The number of ether oxygens (including phenoxy) is 1. The molecule has 0 atom stereocenters. The van der Waals surface area contributed by atoms with Gasteiger partial charge in [-0.15, -0.1) is 0 Å². The Labute approximate surface area is 155 Å². The van der Waals surface area contributed by atoms with Gasteiger partial charge in [-0.1, -0.05) is 55.6 Å². The van der Waals surface area contributed by atoms with Gasteiger partial charge in [-0.2, -0.15) is 0 Å². The zero-order chi connectivity index (χ0) is 19.1. The molecule has 0 heterocycles. The minimum absolute atomic E-state index is 0.0581. The topological polar surface area (TPSA) is 80.0 Å². The standard InChI is InChI=1S/C12H15N3OS.C6H15NO/c1-9(10-6-4-3-5-7-10)14-12(17-2)15-11(16)8-13;1-4-7(2)5-6-8-3/h3-7H,1,8,13H2,2H3,(H,14,15,16);4-6H2,1-3H3. The van der Waals surface area contributed by atoms with Crippen molar-refractivity contribution in [3.8, 4) is 0 Å². The van der Waals surface area contributed by atoms with Gasteiger partial charge in [-0.05, 0) is 25.4 Å². The van der Waals surface area contributed by atoms with Crippen LogP contribution in [0.2, 0.25) is 0 Å². The lowest BCUT2D eigenvalue weighted by molar-refractivity contribution is -0.118. The molecule has 25 heavy (non-hydrogen) atoms. The van der Waals surface area contributed by atoms with E-state index in [1.165, 1.54) is 11.8 Å². The van der Waals surface area contributed by atoms with E-state index < -0.39 is 0 Å². The second-order valence-electron chi connectivity index (χ2n) is 5.07. The van der Waals surface area contributed by atoms with Crippen LogP contribution in [-0.4, -0.2) is 62.6 Å². The number of benzene rings is 1. The van der Waals surface area contributed by atoms with Crippen LogP contribution in [0.5, 0.6) is 0 Å². The molecule has 140 valence electrons. The monoisotopic (exact) mass is 366 g/mol. The Morgan fingerprint density at radius 3 is 2.52 bits per heavy atom. The lowest BCUT2D eigenvalue weighted by Crippen LogP contribution is -2.33. The molecule has 3 N–H and O–H groups in total. The maximum Gasteiger partial charge on any atom is 0.239 e. The Bertz CT molecular complexity index is 535. The molecule has 0 aliphatic heterocycles. The van der Waals surface area contributed by atoms with Gasteiger partial charge in [0.1, 0.15) is 0 Å². The first-order valence-electron chi connectivity index (χ1n) is 8.02. The molecule has 1 amide bonds. The first-order valence-corrected chi connectivity index (χ1v) is 9.25. The van der Waals surface area contributed by atoms with Crippen molar-refractivity contribution in [3.63, 3.8) is 0 Å². The van der Waals surface area contributed by atoms with Crippen molar-refractivity contribution in [1.82, 2.24) is 10.2 Å². The predicted octanol–water partition coefficient (Wildman–Crippen LogP) is 2.04. The fourth-order valence-corrected chi connectivity index (χ4v) is 1.94. The lowest BCUT2D eigenvalue weighted by Gasteiger charge is -2.11. The molecule has 1 aromatic rings. The summed E-state index contributed by atoms with van der Waals surface area (Å²) < 4.78 is 4.87. The average molecular weight is 367 g/mol. The Hall–Kier alpha value is -1.67. The number of amides is 1. The summed E-state index contributed by atoms with van der Waals surface area (Å²) in [5, 5.41) is 3.10. The normalized spacial score (nSPS) is 10.9. The van der Waals surface area contributed by atoms with Gasteiger partial charge in [0.15, 0.2) is 5.17 Å². The fourth-order valence-electron chi connectivity index (χ4n) is 1.52. The Balaban J connectivity index is 0.000000609. The largest absolute Gasteiger partial charge is 0.383 e. The van der Waals surface area contributed by atoms with Gasteiger partial charge < -0.3 is 20.7 Å². The number of nitrogens with one attached hydrogen (secondary N) is 1. The number of aliphatic imine (C=N–C) groups is 1. The van der Waals surface area contributed by atoms with Crippen LogP contribution < -0.4 is 11.1 Å². The lowest BCUT2D eigenvalue weighted by atomic mass is 10.2. The van der Waals surface area contributed by atoms with Gasteiger partial charge >= 0.3 is 0 Å². The number of nitrogens with two attached hydrogens (primary N) is 1. The van der Waals surface area contributed by atoms with Crippen LogP contribution in [-0.2, 0) is 9.53 Å². The van der Waals surface area contributed by atoms with Crippen molar-refractivity contribution >= 4 is 28.5 Å². The third-order valence-corrected chi connectivity index (χ3v) is 3.77. The third-order valence-electron chi connectivity index (χ3n) is 3.19. The molecule has 0 saturated carbocycles. The second kappa shape index (κ2) is 14.7. The highest BCUT2D eigenvalue weighted by Crippen LogP contribution is 2.14. The van der Waals surface area contributed by atoms with Gasteiger partial charge in [-0.25, -0.2) is 4.99 Å². The molecule has 7 heteroatoms. The molecule has 0 saturated heterocycles. The highest BCUT2D eigenvalue weighted by Gasteiger charge is 2.04. The van der Waals surface area contributed by atoms with Gasteiger partial charge in [0.2, 0.25) is 5.91 Å². The summed E-state index contributed by atoms with van der Waals surface area (Å²) in [6, 6.07) is 9.57. The molecule has 1 aromatic carbocycles. The van der Waals surface area contributed by atoms with E-state index in [0.717, 1.165) is 25.3 Å². The SMILES string of the molecule is C=C(N=C(NC(=O)CN)SC)c1ccccc1.CCN(C)CCOC. The Morgan fingerprint density at radius 1 is 1.40 bits per heavy atom. The first-order chi connectivity index (χ1) is 12.0. The number of nitrogens with zero attached hydrogens (tertiary/aromatic N) is 2. The van der Waals surface area contributed by atoms with Crippen molar-refractivity contribution < 1.29 is 9.53 Å². The number of rotatable bonds is 7. The number of amidine groups is 1. The molecule has 0 aromatic heterocycles. The van der Waals surface area contributed by atoms with Gasteiger partial charge in [-0.3, -0.25) is 4.79 Å². The van der Waals surface area contributed by atoms with Crippen LogP contribution in [0.15, 0.2) is 41.9 Å². The highest BCUT2D eigenvalue weighted by atomic mass is 32.2. The number of thioether (sulfide) groups is 1. The van der Waals surface area contributed by atoms with E-state index in [1.54, 1.807) is 7.11 Å². The maximum absolute atomic E-state index is 11.1. The van der Waals surface area contributed by atoms with E-state index in [1.807, 2.05) is 36.6 Å². The van der Waals surface area contributed by atoms with Crippen molar-refractivity contribution in [1.29, 1.82) is 0 Å². The summed E-state index contributed by atoms with van der Waals surface area (Å²) in [6.45, 7) is 8.91. The minimum Gasteiger partial charge on any atom is -0.383 e. The van der Waals surface area contributed by atoms with Crippen molar-refractivity contribution in [2.24, 2.45) is 10.7 Å². The van der Waals surface area contributed by atoms with Gasteiger partial charge in [0, 0.05) is 13.7 Å². The first kappa shape index (κ1) is 23.3. The molecule has 0 spiro atoms. The summed E-state index contributed by atoms with van der Waals surface area (Å²) in [5.41, 5.74) is 6.74. The third kappa shape index (κ3) is 11.5. The van der Waals surface area contributed by atoms with Crippen LogP contribution in [0.1, 0.15) is 12.5 Å². The summed E-state index contributed by atoms with van der Waals surface area (Å²) in [4.78, 5) is 17.6. The highest BCUT2D eigenvalue weighted by molar-refractivity contribution is 8.13. The second-order valence-corrected chi connectivity index (χ2v) is 5.87. The molecule has 6 nitrogen and oxygen atoms in total. The molecule has 0 radical (unpaired) electrons. The van der Waals surface area contributed by atoms with E-state index in [0.29, 0.717) is 10.9 Å². The zero-order valence-electron chi connectivity index (χ0n) is 15.6. The molecule has 1 rings (SSSR count). The van der Waals surface area contributed by atoms with Crippen LogP contribution >= 0.6 is 11.8 Å². The molecule has 0 aliphatic rings. The van der Waals surface area contributed by atoms with E-state index in [9.17, 15) is 4.79 Å². The van der Waals surface area contributed by atoms with Gasteiger partial charge in [0.25, 0.3) is 0 Å². The summed E-state index contributed by atoms with van der Waals surface area (Å²) in [5.74, 6) is -0.265. The van der Waals surface area contributed by atoms with E-state index in [-0.39, 0.29) is 12.5 Å². The average Bonchev–Trinajstić information content (AvgIpc) is 2.66. The van der Waals surface area contributed by atoms with Crippen LogP contribution in [0.3, 0.4) is 0 Å². The van der Waals surface area contributed by atoms with Crippen molar-refractivity contribution in [2.75, 3.05) is 46.7 Å². The summed E-state index contributed by atoms with van der Waals surface area (Å²) in [6.07, 6.45) is 1.83. The number of carbonyl (C=O) groups excluding carboxylic acids is 1. The van der Waals surface area contributed by atoms with E-state index in [4.69, 9.17) is 10.5 Å². The maximum atomic E-state index is 11.1. The predicted molar refractivity (Wildman–Crippen MR) is 109 cm³/mol. The van der Waals surface area contributed by atoms with Crippen molar-refractivity contribution in [2.45, 2.75) is 6.92 Å². The van der Waals surface area contributed by atoms with Crippen LogP contribution in [0.4, 0.5) is 0 Å². The Morgan fingerprint density at radius 2 is 2.04 bits per heavy atom. The van der Waals surface area contributed by atoms with Crippen molar-refractivity contribution in [3.05, 3.63) is 42.5 Å². The van der Waals surface area contributed by atoms with Crippen LogP contribution in [0, 0.1) is 0 Å². The number of likely N-dealkylation sites (N-methyl/N-ethyl adjacent to an activating group) is 1. The smallest absolute Gasteiger partial charge is 0.239 e. The molecule has 0 unspecified atom stereocenters. The molecule has 0 fully saturated rings. The molecule has 0 aliphatic carbocycles. The van der Waals surface area contributed by atoms with Gasteiger partial charge in [0.05, 0.1) is 18.8 Å². The minimum atomic E-state index is -0.265. The van der Waals surface area contributed by atoms with Crippen LogP contribution in [0.25, 0.3) is 5.70 Å². The summed E-state index contributed by atoms with van der Waals surface area (Å²) in [7, 11) is 3.81. The van der Waals surface area contributed by atoms with E-state index in [2.05, 4.69) is 35.8 Å². The zero-order valence-corrected chi connectivity index (χ0v) is 16.4.